The van der Waals surface area contributed by atoms with E-state index < -0.39 is 28.7 Å². The molecule has 2 bridgehead atoms. The molecule has 3 saturated heterocycles. The molecule has 3 amide bonds. The number of amides is 3. The first kappa shape index (κ1) is 25.5. The number of halogens is 1. The van der Waals surface area contributed by atoms with Crippen molar-refractivity contribution in [3.63, 3.8) is 0 Å². The van der Waals surface area contributed by atoms with Gasteiger partial charge in [0.25, 0.3) is 0 Å². The summed E-state index contributed by atoms with van der Waals surface area (Å²) in [6, 6.07) is 12.4. The van der Waals surface area contributed by atoms with Crippen LogP contribution in [0.1, 0.15) is 26.7 Å². The molecule has 8 atom stereocenters. The number of rotatable bonds is 7. The van der Waals surface area contributed by atoms with Crippen LogP contribution in [0.3, 0.4) is 0 Å². The number of aliphatic hydroxyl groups is 1. The third-order valence-corrected chi connectivity index (χ3v) is 11.6. The van der Waals surface area contributed by atoms with E-state index in [0.717, 1.165) is 17.2 Å². The highest BCUT2D eigenvalue weighted by molar-refractivity contribution is 9.09. The van der Waals surface area contributed by atoms with Crippen molar-refractivity contribution >= 4 is 61.9 Å². The first-order valence-electron chi connectivity index (χ1n) is 12.5. The molecular formula is C27H32BrN3O4S. The van der Waals surface area contributed by atoms with Crippen molar-refractivity contribution in [3.05, 3.63) is 42.5 Å². The van der Waals surface area contributed by atoms with Crippen molar-refractivity contribution in [3.8, 4) is 0 Å². The normalized spacial score (nSPS) is 32.4. The zero-order chi connectivity index (χ0) is 25.8. The van der Waals surface area contributed by atoms with Gasteiger partial charge in [-0.2, -0.15) is 0 Å². The monoisotopic (exact) mass is 573 g/mol. The van der Waals surface area contributed by atoms with Gasteiger partial charge in [0.2, 0.25) is 17.7 Å². The van der Waals surface area contributed by atoms with Crippen LogP contribution in [0.4, 0.5) is 5.69 Å². The Bertz CT molecular complexity index is 1210. The third kappa shape index (κ3) is 3.77. The van der Waals surface area contributed by atoms with Gasteiger partial charge in [-0.3, -0.25) is 14.4 Å². The van der Waals surface area contributed by atoms with Gasteiger partial charge in [0.1, 0.15) is 6.04 Å². The van der Waals surface area contributed by atoms with E-state index in [1.165, 1.54) is 0 Å². The summed E-state index contributed by atoms with van der Waals surface area (Å²) in [7, 11) is 1.59. The van der Waals surface area contributed by atoms with E-state index in [-0.39, 0.29) is 40.3 Å². The van der Waals surface area contributed by atoms with Gasteiger partial charge in [0.15, 0.2) is 0 Å². The highest BCUT2D eigenvalue weighted by atomic mass is 79.9. The van der Waals surface area contributed by atoms with Crippen molar-refractivity contribution in [1.29, 1.82) is 0 Å². The number of likely N-dealkylation sites (tertiary alicyclic amines) is 1. The molecule has 3 heterocycles. The average molecular weight is 575 g/mol. The van der Waals surface area contributed by atoms with Crippen LogP contribution < -0.4 is 10.6 Å². The third-order valence-electron chi connectivity index (χ3n) is 8.39. The van der Waals surface area contributed by atoms with Crippen molar-refractivity contribution in [2.45, 2.75) is 53.6 Å². The quantitative estimate of drug-likeness (QED) is 0.441. The van der Waals surface area contributed by atoms with Gasteiger partial charge < -0.3 is 20.6 Å². The molecule has 3 fully saturated rings. The Hall–Kier alpha value is -2.10. The van der Waals surface area contributed by atoms with Crippen molar-refractivity contribution in [1.82, 2.24) is 10.2 Å². The van der Waals surface area contributed by atoms with E-state index in [1.54, 1.807) is 23.7 Å². The zero-order valence-electron chi connectivity index (χ0n) is 20.6. The smallest absolute Gasteiger partial charge is 0.248 e. The van der Waals surface area contributed by atoms with E-state index in [9.17, 15) is 19.5 Å². The molecule has 3 unspecified atom stereocenters. The minimum atomic E-state index is -0.794. The second kappa shape index (κ2) is 9.65. The number of thioether (sulfide) groups is 1. The predicted molar refractivity (Wildman–Crippen MR) is 146 cm³/mol. The van der Waals surface area contributed by atoms with Gasteiger partial charge in [-0.05, 0) is 35.2 Å². The fourth-order valence-corrected chi connectivity index (χ4v) is 10.1. The number of hydrogen-bond donors (Lipinski definition) is 3. The Morgan fingerprint density at radius 2 is 1.94 bits per heavy atom. The number of carbonyl (C=O) groups excluding carboxylic acids is 3. The van der Waals surface area contributed by atoms with Crippen LogP contribution in [0, 0.1) is 17.8 Å². The lowest BCUT2D eigenvalue weighted by Crippen LogP contribution is -2.56. The minimum absolute atomic E-state index is 0.00874. The molecular weight excluding hydrogens is 542 g/mol. The van der Waals surface area contributed by atoms with E-state index in [1.807, 2.05) is 56.3 Å². The van der Waals surface area contributed by atoms with Gasteiger partial charge in [0, 0.05) is 22.8 Å². The summed E-state index contributed by atoms with van der Waals surface area (Å²) in [5.41, 5.74) is 0.658. The summed E-state index contributed by atoms with van der Waals surface area (Å²) in [4.78, 5) is 42.8. The Labute approximate surface area is 223 Å². The van der Waals surface area contributed by atoms with Crippen LogP contribution in [-0.2, 0) is 14.4 Å². The fourth-order valence-electron chi connectivity index (χ4n) is 6.48. The predicted octanol–water partition coefficient (Wildman–Crippen LogP) is 3.40. The molecule has 3 aliphatic heterocycles. The van der Waals surface area contributed by atoms with Gasteiger partial charge >= 0.3 is 0 Å². The topological polar surface area (TPSA) is 98.7 Å². The largest absolute Gasteiger partial charge is 0.394 e. The van der Waals surface area contributed by atoms with Crippen molar-refractivity contribution in [2.75, 3.05) is 19.0 Å². The number of benzene rings is 2. The first-order chi connectivity index (χ1) is 17.3. The van der Waals surface area contributed by atoms with Gasteiger partial charge in [-0.15, -0.1) is 11.8 Å². The highest BCUT2D eigenvalue weighted by Crippen LogP contribution is 2.68. The maximum Gasteiger partial charge on any atom is 0.248 e. The first-order valence-corrected chi connectivity index (χ1v) is 14.3. The van der Waals surface area contributed by atoms with Crippen LogP contribution >= 0.6 is 27.7 Å². The van der Waals surface area contributed by atoms with Gasteiger partial charge in [0.05, 0.1) is 29.2 Å². The molecule has 0 saturated carbocycles. The Morgan fingerprint density at radius 3 is 2.61 bits per heavy atom. The lowest BCUT2D eigenvalue weighted by molar-refractivity contribution is -0.143. The molecule has 3 aliphatic rings. The molecule has 3 N–H and O–H groups in total. The lowest BCUT2D eigenvalue weighted by atomic mass is 9.70. The number of alkyl halides is 1. The van der Waals surface area contributed by atoms with Crippen LogP contribution in [0.25, 0.3) is 10.8 Å². The molecule has 0 radical (unpaired) electrons. The maximum atomic E-state index is 14.1. The molecule has 0 aromatic heterocycles. The molecule has 2 aromatic rings. The number of nitrogens with zero attached hydrogens (tertiary/aromatic N) is 1. The Kier molecular flexibility index (Phi) is 6.85. The molecule has 1 spiro atoms. The Morgan fingerprint density at radius 1 is 1.22 bits per heavy atom. The molecule has 7 nitrogen and oxygen atoms in total. The summed E-state index contributed by atoms with van der Waals surface area (Å²) < 4.78 is -0.741. The van der Waals surface area contributed by atoms with E-state index >= 15 is 0 Å². The summed E-state index contributed by atoms with van der Waals surface area (Å²) in [5.74, 6) is -1.78. The summed E-state index contributed by atoms with van der Waals surface area (Å²) in [5, 5.41) is 18.2. The number of hydrogen-bond acceptors (Lipinski definition) is 5. The summed E-state index contributed by atoms with van der Waals surface area (Å²) in [6.07, 6.45) is 1.36. The second-order valence-corrected chi connectivity index (χ2v) is 12.9. The molecule has 0 aliphatic carbocycles. The van der Waals surface area contributed by atoms with Crippen molar-refractivity contribution in [2.24, 2.45) is 17.8 Å². The minimum Gasteiger partial charge on any atom is -0.394 e. The average Bonchev–Trinajstić information content (AvgIpc) is 3.47. The van der Waals surface area contributed by atoms with Gasteiger partial charge in [-0.1, -0.05) is 66.5 Å². The number of anilines is 1. The molecule has 2 aromatic carbocycles. The van der Waals surface area contributed by atoms with Crippen LogP contribution in [0.2, 0.25) is 0 Å². The zero-order valence-corrected chi connectivity index (χ0v) is 23.0. The second-order valence-electron chi connectivity index (χ2n) is 10.2. The van der Waals surface area contributed by atoms with Crippen LogP contribution in [0.5, 0.6) is 0 Å². The number of aliphatic hydroxyl groups excluding tert-OH is 1. The fraction of sp³-hybridized carbons (Fsp3) is 0.519. The summed E-state index contributed by atoms with van der Waals surface area (Å²) >= 11 is 5.36. The molecule has 5 rings (SSSR count). The van der Waals surface area contributed by atoms with E-state index in [2.05, 4.69) is 26.6 Å². The lowest BCUT2D eigenvalue weighted by Gasteiger charge is -2.39. The number of nitrogens with one attached hydrogen (secondary N) is 2. The van der Waals surface area contributed by atoms with Crippen LogP contribution in [-0.4, -0.2) is 68.3 Å². The molecule has 9 heteroatoms. The van der Waals surface area contributed by atoms with Crippen LogP contribution in [0.15, 0.2) is 42.5 Å². The Balaban J connectivity index is 1.57. The van der Waals surface area contributed by atoms with Crippen molar-refractivity contribution < 1.29 is 19.5 Å². The van der Waals surface area contributed by atoms with E-state index in [0.29, 0.717) is 12.1 Å². The van der Waals surface area contributed by atoms with Gasteiger partial charge in [-0.25, -0.2) is 0 Å². The molecule has 36 heavy (non-hydrogen) atoms. The van der Waals surface area contributed by atoms with E-state index in [4.69, 9.17) is 0 Å². The maximum absolute atomic E-state index is 14.1. The standard InChI is InChI=1S/C27H32BrN3O4S/c1-4-14(2)19(13-32)31-23(25(34)30-17-10-9-15-7-5-6-8-16(15)11-17)27-12-18(28)22(36-27)20(24(33)29-3)21(27)26(31)35/h5-11,14,18-23,32H,4,12-13H2,1-3H3,(H,29,33)(H,30,34)/t14-,18?,19-,20-,21-,22-,23?,27?/m0/s1. The summed E-state index contributed by atoms with van der Waals surface area (Å²) in [6.45, 7) is 3.77. The number of fused-ring (bicyclic) bond motifs is 2. The highest BCUT2D eigenvalue weighted by Gasteiger charge is 2.76. The molecule has 192 valence electrons. The number of carbonyl (C=O) groups is 3. The SMILES string of the molecule is CC[C@H](C)[C@H](CO)N1C(=O)[C@@H]2[C@H](C(=O)NC)[C@H]3SC2(CC3Br)C1C(=O)Nc1ccc2ccccc2c1.